The third kappa shape index (κ3) is 2.29. The number of carboxylic acid groups (broad SMARTS) is 1. The molecule has 0 saturated heterocycles. The van der Waals surface area contributed by atoms with Gasteiger partial charge < -0.3 is 10.8 Å². The maximum atomic E-state index is 10.7. The molecule has 4 heteroatoms. The Labute approximate surface area is 82.8 Å². The number of carboxylic acids is 1. The normalized spacial score (nSPS) is 12.9. The van der Waals surface area contributed by atoms with Crippen molar-refractivity contribution in [3.8, 4) is 0 Å². The summed E-state index contributed by atoms with van der Waals surface area (Å²) in [4.78, 5) is 14.7. The fourth-order valence-corrected chi connectivity index (χ4v) is 1.11. The van der Waals surface area contributed by atoms with E-state index in [0.717, 1.165) is 0 Å². The topological polar surface area (TPSA) is 76.2 Å². The number of hydrogen-bond donors (Lipinski definition) is 2. The molecule has 14 heavy (non-hydrogen) atoms. The Morgan fingerprint density at radius 1 is 1.57 bits per heavy atom. The number of aromatic carboxylic acids is 1. The fourth-order valence-electron chi connectivity index (χ4n) is 1.11. The molecule has 1 heterocycles. The van der Waals surface area contributed by atoms with Crippen LogP contribution in [0.2, 0.25) is 0 Å². The summed E-state index contributed by atoms with van der Waals surface area (Å²) < 4.78 is 0. The van der Waals surface area contributed by atoms with Crippen molar-refractivity contribution in [2.24, 2.45) is 11.7 Å². The first kappa shape index (κ1) is 10.7. The lowest BCUT2D eigenvalue weighted by molar-refractivity contribution is 0.0696. The van der Waals surface area contributed by atoms with Crippen LogP contribution in [0, 0.1) is 5.92 Å². The molecule has 1 aromatic heterocycles. The highest BCUT2D eigenvalue weighted by atomic mass is 16.4. The molecule has 1 rings (SSSR count). The molecule has 0 spiro atoms. The number of hydrogen-bond acceptors (Lipinski definition) is 3. The largest absolute Gasteiger partial charge is 0.478 e. The highest BCUT2D eigenvalue weighted by molar-refractivity contribution is 5.87. The number of nitrogens with zero attached hydrogens (tertiary/aromatic N) is 1. The van der Waals surface area contributed by atoms with Crippen molar-refractivity contribution >= 4 is 5.97 Å². The summed E-state index contributed by atoms with van der Waals surface area (Å²) in [5.41, 5.74) is 6.70. The van der Waals surface area contributed by atoms with Gasteiger partial charge in [-0.25, -0.2) is 4.79 Å². The lowest BCUT2D eigenvalue weighted by Crippen LogP contribution is -2.18. The average molecular weight is 194 g/mol. The van der Waals surface area contributed by atoms with E-state index in [1.807, 2.05) is 13.8 Å². The molecule has 0 aliphatic carbocycles. The maximum Gasteiger partial charge on any atom is 0.335 e. The van der Waals surface area contributed by atoms with Crippen LogP contribution < -0.4 is 5.73 Å². The standard InChI is InChI=1S/C10H14N2O2/c1-6(2)9(11)8-5-7(10(13)14)3-4-12-8/h3-6,9H,11H2,1-2H3,(H,13,14)/t9-/m1/s1. The van der Waals surface area contributed by atoms with Crippen molar-refractivity contribution in [2.45, 2.75) is 19.9 Å². The van der Waals surface area contributed by atoms with Gasteiger partial charge in [-0.15, -0.1) is 0 Å². The SMILES string of the molecule is CC(C)[C@@H](N)c1cc(C(=O)O)ccn1. The Kier molecular flexibility index (Phi) is 3.19. The molecule has 3 N–H and O–H groups in total. The van der Waals surface area contributed by atoms with E-state index in [0.29, 0.717) is 5.69 Å². The molecule has 0 aromatic carbocycles. The van der Waals surface area contributed by atoms with Crippen molar-refractivity contribution < 1.29 is 9.90 Å². The minimum absolute atomic E-state index is 0.214. The smallest absolute Gasteiger partial charge is 0.335 e. The van der Waals surface area contributed by atoms with Gasteiger partial charge in [0, 0.05) is 12.2 Å². The van der Waals surface area contributed by atoms with Gasteiger partial charge >= 0.3 is 5.97 Å². The molecular formula is C10H14N2O2. The molecule has 0 radical (unpaired) electrons. The molecule has 0 unspecified atom stereocenters. The van der Waals surface area contributed by atoms with Crippen LogP contribution >= 0.6 is 0 Å². The van der Waals surface area contributed by atoms with Crippen LogP contribution in [0.3, 0.4) is 0 Å². The summed E-state index contributed by atoms with van der Waals surface area (Å²) in [7, 11) is 0. The van der Waals surface area contributed by atoms with Gasteiger partial charge in [-0.05, 0) is 18.1 Å². The number of carbonyl (C=O) groups is 1. The second-order valence-corrected chi connectivity index (χ2v) is 3.54. The van der Waals surface area contributed by atoms with Crippen LogP contribution in [0.15, 0.2) is 18.3 Å². The molecule has 0 bridgehead atoms. The van der Waals surface area contributed by atoms with Crippen molar-refractivity contribution in [1.82, 2.24) is 4.98 Å². The maximum absolute atomic E-state index is 10.7. The average Bonchev–Trinajstić information content (AvgIpc) is 2.16. The van der Waals surface area contributed by atoms with Crippen LogP contribution in [-0.4, -0.2) is 16.1 Å². The van der Waals surface area contributed by atoms with E-state index in [1.54, 1.807) is 0 Å². The number of rotatable bonds is 3. The zero-order chi connectivity index (χ0) is 10.7. The van der Waals surface area contributed by atoms with Crippen LogP contribution in [0.1, 0.15) is 35.9 Å². The zero-order valence-corrected chi connectivity index (χ0v) is 8.27. The summed E-state index contributed by atoms with van der Waals surface area (Å²) in [6, 6.07) is 2.76. The Balaban J connectivity index is 2.99. The third-order valence-corrected chi connectivity index (χ3v) is 2.09. The van der Waals surface area contributed by atoms with E-state index in [4.69, 9.17) is 10.8 Å². The van der Waals surface area contributed by atoms with Crippen LogP contribution in [-0.2, 0) is 0 Å². The van der Waals surface area contributed by atoms with Crippen molar-refractivity contribution in [3.63, 3.8) is 0 Å². The van der Waals surface area contributed by atoms with E-state index in [2.05, 4.69) is 4.98 Å². The van der Waals surface area contributed by atoms with Gasteiger partial charge in [0.2, 0.25) is 0 Å². The lowest BCUT2D eigenvalue weighted by Gasteiger charge is -2.14. The van der Waals surface area contributed by atoms with Crippen LogP contribution in [0.5, 0.6) is 0 Å². The van der Waals surface area contributed by atoms with Gasteiger partial charge in [0.25, 0.3) is 0 Å². The molecule has 1 aromatic rings. The molecule has 76 valence electrons. The van der Waals surface area contributed by atoms with Gasteiger partial charge in [-0.3, -0.25) is 4.98 Å². The molecule has 1 atom stereocenters. The first-order valence-electron chi connectivity index (χ1n) is 4.47. The Morgan fingerprint density at radius 2 is 2.21 bits per heavy atom. The second-order valence-electron chi connectivity index (χ2n) is 3.54. The van der Waals surface area contributed by atoms with Crippen LogP contribution in [0.25, 0.3) is 0 Å². The minimum atomic E-state index is -0.954. The van der Waals surface area contributed by atoms with Gasteiger partial charge in [-0.1, -0.05) is 13.8 Å². The Hall–Kier alpha value is -1.42. The molecule has 0 aliphatic heterocycles. The second kappa shape index (κ2) is 4.19. The summed E-state index contributed by atoms with van der Waals surface area (Å²) in [5, 5.41) is 8.76. The first-order chi connectivity index (χ1) is 6.52. The summed E-state index contributed by atoms with van der Waals surface area (Å²) in [6.07, 6.45) is 1.47. The van der Waals surface area contributed by atoms with E-state index < -0.39 is 5.97 Å². The number of pyridine rings is 1. The first-order valence-corrected chi connectivity index (χ1v) is 4.47. The van der Waals surface area contributed by atoms with Gasteiger partial charge in [0.1, 0.15) is 0 Å². The number of nitrogens with two attached hydrogens (primary N) is 1. The minimum Gasteiger partial charge on any atom is -0.478 e. The van der Waals surface area contributed by atoms with Crippen LogP contribution in [0.4, 0.5) is 0 Å². The molecule has 0 saturated carbocycles. The molecule has 0 fully saturated rings. The van der Waals surface area contributed by atoms with E-state index in [9.17, 15) is 4.79 Å². The highest BCUT2D eigenvalue weighted by Crippen LogP contribution is 2.17. The van der Waals surface area contributed by atoms with Crippen molar-refractivity contribution in [2.75, 3.05) is 0 Å². The van der Waals surface area contributed by atoms with Gasteiger partial charge in [0.05, 0.1) is 11.3 Å². The lowest BCUT2D eigenvalue weighted by atomic mass is 10.0. The van der Waals surface area contributed by atoms with Crippen molar-refractivity contribution in [3.05, 3.63) is 29.6 Å². The summed E-state index contributed by atoms with van der Waals surface area (Å²) in [5.74, 6) is -0.712. The fraction of sp³-hybridized carbons (Fsp3) is 0.400. The monoisotopic (exact) mass is 194 g/mol. The highest BCUT2D eigenvalue weighted by Gasteiger charge is 2.13. The molecular weight excluding hydrogens is 180 g/mol. The van der Waals surface area contributed by atoms with Gasteiger partial charge in [0.15, 0.2) is 0 Å². The Bertz CT molecular complexity index is 337. The van der Waals surface area contributed by atoms with E-state index in [-0.39, 0.29) is 17.5 Å². The van der Waals surface area contributed by atoms with Gasteiger partial charge in [-0.2, -0.15) is 0 Å². The predicted octanol–water partition coefficient (Wildman–Crippen LogP) is 1.44. The predicted molar refractivity (Wildman–Crippen MR) is 53.0 cm³/mol. The molecule has 0 aliphatic rings. The number of aromatic nitrogens is 1. The third-order valence-electron chi connectivity index (χ3n) is 2.09. The quantitative estimate of drug-likeness (QED) is 0.763. The summed E-state index contributed by atoms with van der Waals surface area (Å²) in [6.45, 7) is 3.94. The Morgan fingerprint density at radius 3 is 2.71 bits per heavy atom. The van der Waals surface area contributed by atoms with E-state index >= 15 is 0 Å². The molecule has 0 amide bonds. The van der Waals surface area contributed by atoms with E-state index in [1.165, 1.54) is 18.3 Å². The van der Waals surface area contributed by atoms with Crippen molar-refractivity contribution in [1.29, 1.82) is 0 Å². The summed E-state index contributed by atoms with van der Waals surface area (Å²) >= 11 is 0. The zero-order valence-electron chi connectivity index (χ0n) is 8.27. The molecule has 4 nitrogen and oxygen atoms in total.